The number of benzene rings is 1. The summed E-state index contributed by atoms with van der Waals surface area (Å²) < 4.78 is 65.2. The van der Waals surface area contributed by atoms with Crippen molar-refractivity contribution in [2.45, 2.75) is 13.1 Å². The topological polar surface area (TPSA) is 127 Å². The molecule has 0 radical (unpaired) electrons. The number of nitrogens with zero attached hydrogens (tertiary/aromatic N) is 4. The number of halogens is 3. The summed E-state index contributed by atoms with van der Waals surface area (Å²) in [6, 6.07) is 1.38. The summed E-state index contributed by atoms with van der Waals surface area (Å²) in [6.45, 7) is 0.806. The molecule has 3 rings (SSSR count). The van der Waals surface area contributed by atoms with E-state index in [1.165, 1.54) is 12.4 Å². The molecule has 0 atom stereocenters. The normalized spacial score (nSPS) is 12.3. The van der Waals surface area contributed by atoms with Crippen molar-refractivity contribution < 1.29 is 26.4 Å². The van der Waals surface area contributed by atoms with E-state index in [-0.39, 0.29) is 9.09 Å². The first kappa shape index (κ1) is 20.3. The molecule has 0 aliphatic heterocycles. The van der Waals surface area contributed by atoms with Gasteiger partial charge in [0.2, 0.25) is 0 Å². The van der Waals surface area contributed by atoms with Crippen LogP contribution in [0.3, 0.4) is 0 Å². The van der Waals surface area contributed by atoms with E-state index in [1.54, 1.807) is 0 Å². The second kappa shape index (κ2) is 6.58. The standard InChI is InChI=1S/C15H12F3N5O5S/c1-8(24)23(29(2,27)28)22-13(25)9-5-12(21-4-3-19-7-21)10(15(16,17)18)6-11(9)20-14(22)26/h3-7H,1-2H3,(H,20,26). The molecule has 154 valence electrons. The molecule has 3 aromatic rings. The Hall–Kier alpha value is -3.42. The van der Waals surface area contributed by atoms with Crippen LogP contribution in [-0.4, -0.2) is 39.8 Å². The van der Waals surface area contributed by atoms with Crippen LogP contribution in [0.2, 0.25) is 0 Å². The molecule has 1 N–H and O–H groups in total. The Morgan fingerprint density at radius 3 is 2.38 bits per heavy atom. The molecule has 0 bridgehead atoms. The van der Waals surface area contributed by atoms with Crippen molar-refractivity contribution in [1.82, 2.24) is 19.2 Å². The van der Waals surface area contributed by atoms with Gasteiger partial charge >= 0.3 is 11.9 Å². The molecule has 0 aliphatic rings. The Balaban J connectivity index is 2.47. The third-order valence-corrected chi connectivity index (χ3v) is 4.89. The average molecular weight is 431 g/mol. The molecule has 14 heteroatoms. The van der Waals surface area contributed by atoms with Crippen LogP contribution in [0.25, 0.3) is 16.6 Å². The van der Waals surface area contributed by atoms with Crippen molar-refractivity contribution in [2.24, 2.45) is 0 Å². The van der Waals surface area contributed by atoms with E-state index < -0.39 is 55.5 Å². The molecule has 2 aromatic heterocycles. The van der Waals surface area contributed by atoms with Crippen molar-refractivity contribution in [1.29, 1.82) is 0 Å². The Morgan fingerprint density at radius 1 is 1.24 bits per heavy atom. The predicted molar refractivity (Wildman–Crippen MR) is 94.7 cm³/mol. The summed E-state index contributed by atoms with van der Waals surface area (Å²) in [6.07, 6.45) is -0.750. The SMILES string of the molecule is CC(=O)N(n1c(=O)[nH]c2cc(C(F)(F)F)c(-n3ccnc3)cc2c1=O)S(C)(=O)=O. The fourth-order valence-corrected chi connectivity index (χ4v) is 3.69. The van der Waals surface area contributed by atoms with Crippen LogP contribution < -0.4 is 15.7 Å². The van der Waals surface area contributed by atoms with Crippen molar-refractivity contribution in [3.8, 4) is 5.69 Å². The van der Waals surface area contributed by atoms with Gasteiger partial charge in [0.1, 0.15) is 0 Å². The quantitative estimate of drug-likeness (QED) is 0.637. The minimum absolute atomic E-state index is 0.0188. The fourth-order valence-electron chi connectivity index (χ4n) is 2.77. The molecule has 2 heterocycles. The van der Waals surface area contributed by atoms with E-state index in [2.05, 4.69) is 4.98 Å². The molecule has 0 unspecified atom stereocenters. The molecule has 0 saturated carbocycles. The first-order chi connectivity index (χ1) is 13.3. The molecule has 10 nitrogen and oxygen atoms in total. The summed E-state index contributed by atoms with van der Waals surface area (Å²) in [5.74, 6) is -1.17. The summed E-state index contributed by atoms with van der Waals surface area (Å²) in [4.78, 5) is 42.5. The van der Waals surface area contributed by atoms with E-state index in [4.69, 9.17) is 0 Å². The lowest BCUT2D eigenvalue weighted by atomic mass is 10.1. The Kier molecular flexibility index (Phi) is 4.61. The van der Waals surface area contributed by atoms with E-state index in [0.29, 0.717) is 12.3 Å². The zero-order chi connectivity index (χ0) is 21.7. The Bertz CT molecular complexity index is 1340. The van der Waals surface area contributed by atoms with Gasteiger partial charge < -0.3 is 9.55 Å². The third-order valence-electron chi connectivity index (χ3n) is 3.85. The number of rotatable bonds is 3. The maximum absolute atomic E-state index is 13.5. The number of imidazole rings is 1. The van der Waals surface area contributed by atoms with Gasteiger partial charge in [0, 0.05) is 19.3 Å². The summed E-state index contributed by atoms with van der Waals surface area (Å²) in [5.41, 5.74) is -4.81. The highest BCUT2D eigenvalue weighted by molar-refractivity contribution is 7.92. The second-order valence-corrected chi connectivity index (χ2v) is 7.77. The number of aromatic nitrogens is 4. The minimum atomic E-state index is -4.84. The number of fused-ring (bicyclic) bond motifs is 1. The van der Waals surface area contributed by atoms with E-state index in [9.17, 15) is 36.0 Å². The Morgan fingerprint density at radius 2 is 1.90 bits per heavy atom. The zero-order valence-corrected chi connectivity index (χ0v) is 15.6. The number of hydrogen-bond acceptors (Lipinski definition) is 6. The first-order valence-corrected chi connectivity index (χ1v) is 9.57. The number of alkyl halides is 3. The minimum Gasteiger partial charge on any atom is -0.306 e. The predicted octanol–water partition coefficient (Wildman–Crippen LogP) is 0.338. The number of nitrogens with one attached hydrogen (secondary N) is 1. The van der Waals surface area contributed by atoms with Gasteiger partial charge in [-0.15, -0.1) is 9.09 Å². The van der Waals surface area contributed by atoms with E-state index in [0.717, 1.165) is 23.9 Å². The van der Waals surface area contributed by atoms with Gasteiger partial charge in [-0.1, -0.05) is 0 Å². The molecule has 0 saturated heterocycles. The number of amides is 1. The third kappa shape index (κ3) is 3.53. The summed E-state index contributed by atoms with van der Waals surface area (Å²) in [5, 5.41) is -0.448. The van der Waals surface area contributed by atoms with E-state index >= 15 is 0 Å². The van der Waals surface area contributed by atoms with Gasteiger partial charge in [-0.3, -0.25) is 9.59 Å². The smallest absolute Gasteiger partial charge is 0.306 e. The average Bonchev–Trinajstić information content (AvgIpc) is 3.09. The molecular formula is C15H12F3N5O5S. The van der Waals surface area contributed by atoms with Crippen LogP contribution in [0.4, 0.5) is 13.2 Å². The van der Waals surface area contributed by atoms with Crippen LogP contribution >= 0.6 is 0 Å². The lowest BCUT2D eigenvalue weighted by molar-refractivity contribution is -0.137. The van der Waals surface area contributed by atoms with Crippen molar-refractivity contribution in [3.63, 3.8) is 0 Å². The summed E-state index contributed by atoms with van der Waals surface area (Å²) in [7, 11) is -4.38. The lowest BCUT2D eigenvalue weighted by Crippen LogP contribution is -2.55. The number of carbonyl (C=O) groups is 1. The number of H-pyrrole nitrogens is 1. The molecular weight excluding hydrogens is 419 g/mol. The van der Waals surface area contributed by atoms with Gasteiger partial charge in [0.15, 0.2) is 0 Å². The largest absolute Gasteiger partial charge is 0.418 e. The number of aromatic amines is 1. The van der Waals surface area contributed by atoms with E-state index in [1.807, 2.05) is 4.98 Å². The van der Waals surface area contributed by atoms with Crippen molar-refractivity contribution in [3.05, 3.63) is 57.3 Å². The molecule has 1 aromatic carbocycles. The molecule has 0 fully saturated rings. The van der Waals surface area contributed by atoms with Crippen molar-refractivity contribution >= 4 is 26.8 Å². The van der Waals surface area contributed by atoms with Gasteiger partial charge in [-0.25, -0.2) is 18.2 Å². The Labute approximate surface area is 159 Å². The van der Waals surface area contributed by atoms with Crippen LogP contribution in [0.15, 0.2) is 40.4 Å². The molecule has 0 aliphatic carbocycles. The number of sulfonamides is 1. The monoisotopic (exact) mass is 431 g/mol. The number of hydrogen-bond donors (Lipinski definition) is 1. The maximum atomic E-state index is 13.5. The number of carbonyl (C=O) groups excluding carboxylic acids is 1. The van der Waals surface area contributed by atoms with Crippen LogP contribution in [0.1, 0.15) is 12.5 Å². The van der Waals surface area contributed by atoms with Crippen LogP contribution in [-0.2, 0) is 21.0 Å². The first-order valence-electron chi connectivity index (χ1n) is 7.72. The van der Waals surface area contributed by atoms with Crippen LogP contribution in [0.5, 0.6) is 0 Å². The highest BCUT2D eigenvalue weighted by Gasteiger charge is 2.35. The second-order valence-electron chi connectivity index (χ2n) is 5.95. The summed E-state index contributed by atoms with van der Waals surface area (Å²) >= 11 is 0. The highest BCUT2D eigenvalue weighted by atomic mass is 32.2. The lowest BCUT2D eigenvalue weighted by Gasteiger charge is -2.20. The van der Waals surface area contributed by atoms with Crippen LogP contribution in [0, 0.1) is 0 Å². The molecule has 1 amide bonds. The maximum Gasteiger partial charge on any atom is 0.418 e. The van der Waals surface area contributed by atoms with Gasteiger partial charge in [0.05, 0.1) is 34.7 Å². The van der Waals surface area contributed by atoms with Crippen molar-refractivity contribution in [2.75, 3.05) is 10.7 Å². The zero-order valence-electron chi connectivity index (χ0n) is 14.8. The highest BCUT2D eigenvalue weighted by Crippen LogP contribution is 2.35. The molecule has 29 heavy (non-hydrogen) atoms. The van der Waals surface area contributed by atoms with Gasteiger partial charge in [-0.2, -0.15) is 13.2 Å². The fraction of sp³-hybridized carbons (Fsp3) is 0.200. The van der Waals surface area contributed by atoms with Gasteiger partial charge in [-0.05, 0) is 12.1 Å². The molecule has 0 spiro atoms. The van der Waals surface area contributed by atoms with Gasteiger partial charge in [0.25, 0.3) is 21.5 Å².